The van der Waals surface area contributed by atoms with Gasteiger partial charge in [-0.3, -0.25) is 9.69 Å². The molecule has 5 aliphatic rings. The van der Waals surface area contributed by atoms with Crippen molar-refractivity contribution in [3.8, 4) is 29.8 Å². The lowest BCUT2D eigenvalue weighted by molar-refractivity contribution is 0.107. The Balaban J connectivity index is 1.32. The SMILES string of the molecule is C#Cc1cccc2cc(O)cc(-n3ncc4c(C5=C6CNCC(C5)NC6)nc(OCC56CCCN5CCC6)nc4c3=O)c12. The fourth-order valence-corrected chi connectivity index (χ4v) is 7.62. The van der Waals surface area contributed by atoms with Crippen LogP contribution in [-0.2, 0) is 0 Å². The van der Waals surface area contributed by atoms with Crippen LogP contribution >= 0.6 is 0 Å². The van der Waals surface area contributed by atoms with Crippen LogP contribution in [0.4, 0.5) is 0 Å². The van der Waals surface area contributed by atoms with Gasteiger partial charge in [0.1, 0.15) is 17.9 Å². The number of fused-ring (bicyclic) bond motifs is 7. The second-order valence-corrected chi connectivity index (χ2v) is 12.2. The smallest absolute Gasteiger partial charge is 0.317 e. The Kier molecular flexibility index (Phi) is 6.22. The summed E-state index contributed by atoms with van der Waals surface area (Å²) in [6.07, 6.45) is 12.8. The number of nitrogens with one attached hydrogen (secondary N) is 2. The van der Waals surface area contributed by atoms with Gasteiger partial charge in [-0.25, -0.2) is 0 Å². The summed E-state index contributed by atoms with van der Waals surface area (Å²) in [5.41, 5.74) is 3.86. The molecule has 3 N–H and O–H groups in total. The van der Waals surface area contributed by atoms with Gasteiger partial charge in [0.25, 0.3) is 5.56 Å². The van der Waals surface area contributed by atoms with Crippen LogP contribution < -0.4 is 20.9 Å². The minimum atomic E-state index is -0.424. The van der Waals surface area contributed by atoms with Crippen LogP contribution in [0.2, 0.25) is 0 Å². The first-order valence-electron chi connectivity index (χ1n) is 15.1. The van der Waals surface area contributed by atoms with Gasteiger partial charge < -0.3 is 20.5 Å². The lowest BCUT2D eigenvalue weighted by atomic mass is 9.93. The molecule has 2 aromatic carbocycles. The van der Waals surface area contributed by atoms with Crippen molar-refractivity contribution in [3.63, 3.8) is 0 Å². The molecule has 1 unspecified atom stereocenters. The molecule has 0 amide bonds. The first-order chi connectivity index (χ1) is 21.0. The van der Waals surface area contributed by atoms with E-state index in [4.69, 9.17) is 21.1 Å². The molecule has 1 atom stereocenters. The van der Waals surface area contributed by atoms with Gasteiger partial charge in [0.15, 0.2) is 0 Å². The predicted octanol–water partition coefficient (Wildman–Crippen LogP) is 2.74. The van der Waals surface area contributed by atoms with Gasteiger partial charge in [0, 0.05) is 42.7 Å². The molecule has 2 aromatic heterocycles. The molecule has 7 heterocycles. The third kappa shape index (κ3) is 4.30. The lowest BCUT2D eigenvalue weighted by Gasteiger charge is -2.31. The molecular weight excluding hydrogens is 542 g/mol. The van der Waals surface area contributed by atoms with Crippen molar-refractivity contribution in [2.45, 2.75) is 43.7 Å². The Labute approximate surface area is 248 Å². The molecular formula is C33H33N7O3. The summed E-state index contributed by atoms with van der Waals surface area (Å²) in [5.74, 6) is 2.72. The maximum Gasteiger partial charge on any atom is 0.317 e. The highest BCUT2D eigenvalue weighted by Gasteiger charge is 2.45. The van der Waals surface area contributed by atoms with E-state index in [0.29, 0.717) is 39.7 Å². The maximum absolute atomic E-state index is 14.3. The fraction of sp³-hybridized carbons (Fsp3) is 0.394. The van der Waals surface area contributed by atoms with E-state index in [1.54, 1.807) is 12.3 Å². The largest absolute Gasteiger partial charge is 0.508 e. The second-order valence-electron chi connectivity index (χ2n) is 12.2. The number of ether oxygens (including phenoxy) is 1. The van der Waals surface area contributed by atoms with Crippen molar-refractivity contribution in [1.82, 2.24) is 35.3 Å². The van der Waals surface area contributed by atoms with Crippen LogP contribution in [0.15, 0.2) is 46.9 Å². The zero-order valence-corrected chi connectivity index (χ0v) is 23.9. The fourth-order valence-electron chi connectivity index (χ4n) is 7.62. The van der Waals surface area contributed by atoms with Gasteiger partial charge in [-0.2, -0.15) is 19.7 Å². The van der Waals surface area contributed by atoms with Gasteiger partial charge in [-0.1, -0.05) is 18.1 Å². The predicted molar refractivity (Wildman–Crippen MR) is 165 cm³/mol. The summed E-state index contributed by atoms with van der Waals surface area (Å²) in [7, 11) is 0. The van der Waals surface area contributed by atoms with E-state index < -0.39 is 5.56 Å². The van der Waals surface area contributed by atoms with Gasteiger partial charge in [-0.05, 0) is 73.9 Å². The molecule has 3 saturated heterocycles. The summed E-state index contributed by atoms with van der Waals surface area (Å²) >= 11 is 0. The quantitative estimate of drug-likeness (QED) is 0.309. The molecule has 0 radical (unpaired) electrons. The van der Waals surface area contributed by atoms with E-state index in [1.165, 1.54) is 29.2 Å². The van der Waals surface area contributed by atoms with Crippen LogP contribution in [0, 0.1) is 12.3 Å². The Bertz CT molecular complexity index is 1910. The number of aromatic nitrogens is 4. The third-order valence-corrected chi connectivity index (χ3v) is 9.72. The van der Waals surface area contributed by atoms with Crippen LogP contribution in [0.3, 0.4) is 0 Å². The average Bonchev–Trinajstić information content (AvgIpc) is 3.44. The molecule has 0 aliphatic carbocycles. The Morgan fingerprint density at radius 1 is 1.16 bits per heavy atom. The highest BCUT2D eigenvalue weighted by molar-refractivity contribution is 5.97. The lowest BCUT2D eigenvalue weighted by Crippen LogP contribution is -2.43. The highest BCUT2D eigenvalue weighted by Crippen LogP contribution is 2.39. The van der Waals surface area contributed by atoms with Crippen molar-refractivity contribution in [3.05, 3.63) is 63.7 Å². The zero-order chi connectivity index (χ0) is 29.1. The Hall–Kier alpha value is -4.30. The number of rotatable bonds is 5. The number of phenols is 1. The monoisotopic (exact) mass is 575 g/mol. The molecule has 5 aliphatic heterocycles. The number of terminal acetylenes is 1. The van der Waals surface area contributed by atoms with Crippen molar-refractivity contribution in [2.75, 3.05) is 39.3 Å². The van der Waals surface area contributed by atoms with E-state index in [1.807, 2.05) is 18.2 Å². The normalized spacial score (nSPS) is 21.3. The molecule has 2 bridgehead atoms. The van der Waals surface area contributed by atoms with Crippen LogP contribution in [-0.4, -0.2) is 80.7 Å². The van der Waals surface area contributed by atoms with E-state index >= 15 is 0 Å². The molecule has 9 rings (SSSR count). The molecule has 4 aromatic rings. The molecule has 0 spiro atoms. The van der Waals surface area contributed by atoms with Gasteiger partial charge in [0.05, 0.1) is 28.5 Å². The number of hydrogen-bond acceptors (Lipinski definition) is 9. The van der Waals surface area contributed by atoms with E-state index in [2.05, 4.69) is 26.6 Å². The first-order valence-corrected chi connectivity index (χ1v) is 15.1. The third-order valence-electron chi connectivity index (χ3n) is 9.72. The maximum atomic E-state index is 14.3. The van der Waals surface area contributed by atoms with E-state index in [9.17, 15) is 9.90 Å². The first kappa shape index (κ1) is 26.3. The molecule has 3 fully saturated rings. The topological polar surface area (TPSA) is 117 Å². The average molecular weight is 576 g/mol. The highest BCUT2D eigenvalue weighted by atomic mass is 16.5. The molecule has 10 heteroatoms. The van der Waals surface area contributed by atoms with Crippen molar-refractivity contribution in [2.24, 2.45) is 0 Å². The summed E-state index contributed by atoms with van der Waals surface area (Å²) in [6, 6.07) is 9.12. The zero-order valence-electron chi connectivity index (χ0n) is 23.9. The van der Waals surface area contributed by atoms with Crippen LogP contribution in [0.5, 0.6) is 11.8 Å². The minimum absolute atomic E-state index is 0.0104. The van der Waals surface area contributed by atoms with Crippen LogP contribution in [0.1, 0.15) is 43.4 Å². The van der Waals surface area contributed by atoms with Crippen molar-refractivity contribution >= 4 is 27.2 Å². The number of phenolic OH excluding ortho intramolecular Hbond substituents is 1. The summed E-state index contributed by atoms with van der Waals surface area (Å²) in [5, 5.41) is 24.2. The number of hydrogen-bond donors (Lipinski definition) is 3. The minimum Gasteiger partial charge on any atom is -0.508 e. The van der Waals surface area contributed by atoms with Crippen LogP contribution in [0.25, 0.3) is 32.9 Å². The number of aromatic hydroxyl groups is 1. The Morgan fingerprint density at radius 3 is 2.86 bits per heavy atom. The van der Waals surface area contributed by atoms with Gasteiger partial charge in [-0.15, -0.1) is 6.42 Å². The molecule has 43 heavy (non-hydrogen) atoms. The number of nitrogens with zero attached hydrogens (tertiary/aromatic N) is 5. The summed E-state index contributed by atoms with van der Waals surface area (Å²) < 4.78 is 7.70. The standard InChI is InChI=1S/C33H33N7O3/c1-2-20-6-3-7-21-12-24(41)14-27(28(20)21)40-31(42)30-26(18-36-40)29(25-13-23-17-34-15-22(25)16-35-23)37-32(38-30)43-19-33-8-4-10-39(33)11-5-9-33/h1,3,6-7,12,14,18,23,34-35,41H,4-5,8-11,13,15-17,19H2. The molecule has 0 saturated carbocycles. The van der Waals surface area contributed by atoms with E-state index in [0.717, 1.165) is 57.6 Å². The van der Waals surface area contributed by atoms with Gasteiger partial charge >= 0.3 is 6.01 Å². The summed E-state index contributed by atoms with van der Waals surface area (Å²) in [4.78, 5) is 26.6. The Morgan fingerprint density at radius 2 is 2.02 bits per heavy atom. The second kappa shape index (κ2) is 10.2. The van der Waals surface area contributed by atoms with Crippen molar-refractivity contribution in [1.29, 1.82) is 0 Å². The molecule has 218 valence electrons. The number of benzene rings is 2. The summed E-state index contributed by atoms with van der Waals surface area (Å²) in [6.45, 7) is 5.08. The molecule has 10 nitrogen and oxygen atoms in total. The van der Waals surface area contributed by atoms with E-state index in [-0.39, 0.29) is 28.9 Å². The van der Waals surface area contributed by atoms with Crippen molar-refractivity contribution < 1.29 is 9.84 Å². The van der Waals surface area contributed by atoms with Gasteiger partial charge in [0.2, 0.25) is 0 Å².